The standard InChI is InChI=1S/C15H21ClN2/c16-14-13(4-3-9-17-14)12-18-10-7-15(8-11-18)5-1-2-6-15/h3-4,9H,1-2,5-8,10-12H2. The van der Waals surface area contributed by atoms with Gasteiger partial charge in [-0.25, -0.2) is 4.98 Å². The second kappa shape index (κ2) is 5.18. The van der Waals surface area contributed by atoms with Gasteiger partial charge in [0.25, 0.3) is 0 Å². The molecular weight excluding hydrogens is 244 g/mol. The van der Waals surface area contributed by atoms with Gasteiger partial charge in [-0.15, -0.1) is 0 Å². The van der Waals surface area contributed by atoms with Crippen LogP contribution in [0.3, 0.4) is 0 Å². The minimum absolute atomic E-state index is 0.665. The van der Waals surface area contributed by atoms with Crippen LogP contribution in [0.15, 0.2) is 18.3 Å². The van der Waals surface area contributed by atoms with Crippen molar-refractivity contribution in [2.45, 2.75) is 45.1 Å². The third kappa shape index (κ3) is 2.55. The van der Waals surface area contributed by atoms with Crippen molar-refractivity contribution in [3.63, 3.8) is 0 Å². The molecule has 2 nitrogen and oxygen atoms in total. The number of hydrogen-bond acceptors (Lipinski definition) is 2. The molecule has 18 heavy (non-hydrogen) atoms. The SMILES string of the molecule is Clc1ncccc1CN1CCC2(CCCC2)CC1. The summed E-state index contributed by atoms with van der Waals surface area (Å²) >= 11 is 6.13. The molecule has 3 rings (SSSR count). The van der Waals surface area contributed by atoms with E-state index < -0.39 is 0 Å². The van der Waals surface area contributed by atoms with Gasteiger partial charge in [-0.1, -0.05) is 30.5 Å². The Bertz CT molecular complexity index is 403. The van der Waals surface area contributed by atoms with Gasteiger partial charge in [0.15, 0.2) is 0 Å². The fourth-order valence-corrected chi connectivity index (χ4v) is 3.77. The van der Waals surface area contributed by atoms with Gasteiger partial charge in [0.05, 0.1) is 0 Å². The van der Waals surface area contributed by atoms with E-state index in [-0.39, 0.29) is 0 Å². The zero-order valence-corrected chi connectivity index (χ0v) is 11.6. The molecule has 2 fully saturated rings. The predicted molar refractivity (Wildman–Crippen MR) is 74.7 cm³/mol. The Hall–Kier alpha value is -0.600. The van der Waals surface area contributed by atoms with E-state index in [1.807, 2.05) is 6.07 Å². The molecule has 0 radical (unpaired) electrons. The van der Waals surface area contributed by atoms with Crippen LogP contribution in [0, 0.1) is 5.41 Å². The number of likely N-dealkylation sites (tertiary alicyclic amines) is 1. The third-order valence-electron chi connectivity index (χ3n) is 4.81. The Labute approximate surface area is 114 Å². The van der Waals surface area contributed by atoms with Gasteiger partial charge >= 0.3 is 0 Å². The summed E-state index contributed by atoms with van der Waals surface area (Å²) in [5.74, 6) is 0. The maximum atomic E-state index is 6.13. The molecule has 0 atom stereocenters. The van der Waals surface area contributed by atoms with E-state index in [1.165, 1.54) is 57.2 Å². The molecule has 1 spiro atoms. The number of pyridine rings is 1. The van der Waals surface area contributed by atoms with Crippen molar-refractivity contribution >= 4 is 11.6 Å². The molecule has 98 valence electrons. The van der Waals surface area contributed by atoms with Crippen molar-refractivity contribution in [3.05, 3.63) is 29.0 Å². The Morgan fingerprint density at radius 2 is 1.89 bits per heavy atom. The van der Waals surface area contributed by atoms with Crippen LogP contribution in [-0.4, -0.2) is 23.0 Å². The minimum atomic E-state index is 0.665. The van der Waals surface area contributed by atoms with E-state index in [1.54, 1.807) is 6.20 Å². The van der Waals surface area contributed by atoms with E-state index in [0.717, 1.165) is 6.54 Å². The first kappa shape index (κ1) is 12.4. The van der Waals surface area contributed by atoms with Crippen LogP contribution in [-0.2, 0) is 6.54 Å². The molecule has 0 aromatic carbocycles. The Morgan fingerprint density at radius 3 is 2.56 bits per heavy atom. The second-order valence-electron chi connectivity index (χ2n) is 5.94. The average molecular weight is 265 g/mol. The number of hydrogen-bond donors (Lipinski definition) is 0. The molecule has 1 aliphatic carbocycles. The van der Waals surface area contributed by atoms with E-state index in [4.69, 9.17) is 11.6 Å². The summed E-state index contributed by atoms with van der Waals surface area (Å²) < 4.78 is 0. The van der Waals surface area contributed by atoms with E-state index >= 15 is 0 Å². The predicted octanol–water partition coefficient (Wildman–Crippen LogP) is 3.89. The quantitative estimate of drug-likeness (QED) is 0.754. The zero-order valence-electron chi connectivity index (χ0n) is 10.9. The molecule has 1 aromatic heterocycles. The number of halogens is 1. The number of nitrogens with zero attached hydrogens (tertiary/aromatic N) is 2. The Balaban J connectivity index is 1.59. The molecule has 0 unspecified atom stereocenters. The lowest BCUT2D eigenvalue weighted by atomic mass is 9.77. The summed E-state index contributed by atoms with van der Waals surface area (Å²) in [5.41, 5.74) is 1.87. The first-order chi connectivity index (χ1) is 8.77. The lowest BCUT2D eigenvalue weighted by molar-refractivity contribution is 0.103. The van der Waals surface area contributed by atoms with Crippen LogP contribution < -0.4 is 0 Å². The first-order valence-corrected chi connectivity index (χ1v) is 7.47. The van der Waals surface area contributed by atoms with Gasteiger partial charge in [0.2, 0.25) is 0 Å². The monoisotopic (exact) mass is 264 g/mol. The lowest BCUT2D eigenvalue weighted by Crippen LogP contribution is -2.38. The summed E-state index contributed by atoms with van der Waals surface area (Å²) in [6.07, 6.45) is 10.4. The highest BCUT2D eigenvalue weighted by Crippen LogP contribution is 2.46. The number of aromatic nitrogens is 1. The fourth-order valence-electron chi connectivity index (χ4n) is 3.59. The van der Waals surface area contributed by atoms with Crippen molar-refractivity contribution in [3.8, 4) is 0 Å². The van der Waals surface area contributed by atoms with Gasteiger partial charge in [0, 0.05) is 18.3 Å². The summed E-state index contributed by atoms with van der Waals surface area (Å²) in [6, 6.07) is 4.07. The van der Waals surface area contributed by atoms with E-state index in [9.17, 15) is 0 Å². The second-order valence-corrected chi connectivity index (χ2v) is 6.29. The highest BCUT2D eigenvalue weighted by atomic mass is 35.5. The summed E-state index contributed by atoms with van der Waals surface area (Å²) in [7, 11) is 0. The summed E-state index contributed by atoms with van der Waals surface area (Å²) in [5, 5.41) is 0.665. The smallest absolute Gasteiger partial charge is 0.133 e. The molecular formula is C15H21ClN2. The third-order valence-corrected chi connectivity index (χ3v) is 5.15. The highest BCUT2D eigenvalue weighted by molar-refractivity contribution is 6.30. The molecule has 0 amide bonds. The summed E-state index contributed by atoms with van der Waals surface area (Å²) in [4.78, 5) is 6.69. The lowest BCUT2D eigenvalue weighted by Gasteiger charge is -2.39. The van der Waals surface area contributed by atoms with Crippen LogP contribution in [0.2, 0.25) is 5.15 Å². The van der Waals surface area contributed by atoms with E-state index in [2.05, 4.69) is 16.0 Å². The fraction of sp³-hybridized carbons (Fsp3) is 0.667. The van der Waals surface area contributed by atoms with Crippen molar-refractivity contribution in [2.75, 3.05) is 13.1 Å². The van der Waals surface area contributed by atoms with E-state index in [0.29, 0.717) is 10.6 Å². The maximum Gasteiger partial charge on any atom is 0.133 e. The van der Waals surface area contributed by atoms with Gasteiger partial charge in [0.1, 0.15) is 5.15 Å². The molecule has 0 bridgehead atoms. The zero-order chi connectivity index (χ0) is 12.4. The maximum absolute atomic E-state index is 6.13. The largest absolute Gasteiger partial charge is 0.299 e. The molecule has 0 N–H and O–H groups in total. The molecule has 2 heterocycles. The van der Waals surface area contributed by atoms with Crippen molar-refractivity contribution in [2.24, 2.45) is 5.41 Å². The Kier molecular flexibility index (Phi) is 3.58. The van der Waals surface area contributed by atoms with Crippen LogP contribution in [0.1, 0.15) is 44.1 Å². The molecule has 1 aromatic rings. The van der Waals surface area contributed by atoms with Crippen molar-refractivity contribution in [1.82, 2.24) is 9.88 Å². The highest BCUT2D eigenvalue weighted by Gasteiger charge is 2.36. The van der Waals surface area contributed by atoms with Crippen LogP contribution in [0.5, 0.6) is 0 Å². The van der Waals surface area contributed by atoms with Crippen molar-refractivity contribution in [1.29, 1.82) is 0 Å². The van der Waals surface area contributed by atoms with Gasteiger partial charge in [-0.2, -0.15) is 0 Å². The molecule has 2 aliphatic rings. The number of rotatable bonds is 2. The van der Waals surface area contributed by atoms with Gasteiger partial charge in [-0.05, 0) is 50.3 Å². The van der Waals surface area contributed by atoms with Gasteiger partial charge < -0.3 is 0 Å². The minimum Gasteiger partial charge on any atom is -0.299 e. The average Bonchev–Trinajstić information content (AvgIpc) is 2.84. The summed E-state index contributed by atoms with van der Waals surface area (Å²) in [6.45, 7) is 3.42. The van der Waals surface area contributed by atoms with Gasteiger partial charge in [-0.3, -0.25) is 4.90 Å². The molecule has 1 aliphatic heterocycles. The van der Waals surface area contributed by atoms with Crippen molar-refractivity contribution < 1.29 is 0 Å². The topological polar surface area (TPSA) is 16.1 Å². The Morgan fingerprint density at radius 1 is 1.17 bits per heavy atom. The molecule has 1 saturated carbocycles. The molecule has 1 saturated heterocycles. The van der Waals surface area contributed by atoms with Crippen LogP contribution in [0.4, 0.5) is 0 Å². The number of piperidine rings is 1. The first-order valence-electron chi connectivity index (χ1n) is 7.09. The normalized spacial score (nSPS) is 23.6. The van der Waals surface area contributed by atoms with Crippen LogP contribution >= 0.6 is 11.6 Å². The molecule has 3 heteroatoms. The van der Waals surface area contributed by atoms with Crippen LogP contribution in [0.25, 0.3) is 0 Å².